The number of rotatable bonds is 4. The molecule has 4 atom stereocenters. The van der Waals surface area contributed by atoms with Gasteiger partial charge in [0.15, 0.2) is 0 Å². The van der Waals surface area contributed by atoms with Crippen molar-refractivity contribution in [2.75, 3.05) is 13.6 Å². The van der Waals surface area contributed by atoms with Crippen LogP contribution in [0.2, 0.25) is 0 Å². The Morgan fingerprint density at radius 3 is 2.62 bits per heavy atom. The van der Waals surface area contributed by atoms with Crippen molar-refractivity contribution in [2.24, 2.45) is 11.8 Å². The standard InChI is InChI=1S/C14H28N2/c1-10-9-16(4)12(3)8-14(10)15-11(2)7-13-5-6-13/h10-15H,5-9H2,1-4H3. The van der Waals surface area contributed by atoms with E-state index < -0.39 is 0 Å². The van der Waals surface area contributed by atoms with E-state index in [1.807, 2.05) is 0 Å². The molecule has 1 aliphatic carbocycles. The minimum Gasteiger partial charge on any atom is -0.311 e. The van der Waals surface area contributed by atoms with Gasteiger partial charge in [-0.3, -0.25) is 0 Å². The van der Waals surface area contributed by atoms with Crippen molar-refractivity contribution < 1.29 is 0 Å². The lowest BCUT2D eigenvalue weighted by molar-refractivity contribution is 0.115. The average Bonchev–Trinajstić information content (AvgIpc) is 2.98. The number of nitrogens with zero attached hydrogens (tertiary/aromatic N) is 1. The Labute approximate surface area is 101 Å². The summed E-state index contributed by atoms with van der Waals surface area (Å²) < 4.78 is 0. The van der Waals surface area contributed by atoms with Gasteiger partial charge in [0, 0.05) is 24.7 Å². The molecule has 2 heteroatoms. The van der Waals surface area contributed by atoms with Gasteiger partial charge in [-0.15, -0.1) is 0 Å². The summed E-state index contributed by atoms with van der Waals surface area (Å²) in [6.45, 7) is 8.36. The molecule has 1 saturated carbocycles. The molecule has 2 aliphatic rings. The molecule has 0 bridgehead atoms. The zero-order chi connectivity index (χ0) is 11.7. The Kier molecular flexibility index (Phi) is 3.91. The molecule has 1 heterocycles. The van der Waals surface area contributed by atoms with Crippen molar-refractivity contribution in [3.05, 3.63) is 0 Å². The molecule has 2 nitrogen and oxygen atoms in total. The van der Waals surface area contributed by atoms with Crippen LogP contribution in [-0.4, -0.2) is 36.6 Å². The third kappa shape index (κ3) is 3.21. The topological polar surface area (TPSA) is 15.3 Å². The van der Waals surface area contributed by atoms with Gasteiger partial charge in [-0.25, -0.2) is 0 Å². The van der Waals surface area contributed by atoms with Gasteiger partial charge in [0.2, 0.25) is 0 Å². The summed E-state index contributed by atoms with van der Waals surface area (Å²) in [6.07, 6.45) is 5.66. The maximum Gasteiger partial charge on any atom is 0.0122 e. The molecule has 0 aromatic carbocycles. The van der Waals surface area contributed by atoms with Gasteiger partial charge in [-0.1, -0.05) is 19.8 Å². The number of piperidine rings is 1. The summed E-state index contributed by atoms with van der Waals surface area (Å²) in [5, 5.41) is 3.86. The summed E-state index contributed by atoms with van der Waals surface area (Å²) in [7, 11) is 2.25. The van der Waals surface area contributed by atoms with E-state index in [2.05, 4.69) is 38.0 Å². The SMILES string of the molecule is CC(CC1CC1)NC1CC(C)N(C)CC1C. The van der Waals surface area contributed by atoms with Gasteiger partial charge >= 0.3 is 0 Å². The molecule has 94 valence electrons. The molecule has 0 amide bonds. The highest BCUT2D eigenvalue weighted by molar-refractivity contribution is 4.88. The first-order valence-electron chi connectivity index (χ1n) is 7.02. The van der Waals surface area contributed by atoms with E-state index >= 15 is 0 Å². The first-order valence-corrected chi connectivity index (χ1v) is 7.02. The van der Waals surface area contributed by atoms with Crippen molar-refractivity contribution in [1.82, 2.24) is 10.2 Å². The van der Waals surface area contributed by atoms with E-state index in [4.69, 9.17) is 0 Å². The fourth-order valence-electron chi connectivity index (χ4n) is 3.06. The number of hydrogen-bond donors (Lipinski definition) is 1. The highest BCUT2D eigenvalue weighted by atomic mass is 15.2. The zero-order valence-corrected chi connectivity index (χ0v) is 11.4. The van der Waals surface area contributed by atoms with E-state index in [-0.39, 0.29) is 0 Å². The summed E-state index contributed by atoms with van der Waals surface area (Å²) in [5.74, 6) is 1.84. The summed E-state index contributed by atoms with van der Waals surface area (Å²) in [6, 6.07) is 2.19. The predicted octanol–water partition coefficient (Wildman–Crippen LogP) is 2.49. The van der Waals surface area contributed by atoms with Crippen LogP contribution in [-0.2, 0) is 0 Å². The van der Waals surface area contributed by atoms with Gasteiger partial charge in [-0.2, -0.15) is 0 Å². The molecular weight excluding hydrogens is 196 g/mol. The molecular formula is C14H28N2. The molecule has 1 N–H and O–H groups in total. The number of likely N-dealkylation sites (tertiary alicyclic amines) is 1. The second kappa shape index (κ2) is 5.05. The highest BCUT2D eigenvalue weighted by Crippen LogP contribution is 2.33. The third-order valence-corrected chi connectivity index (χ3v) is 4.49. The molecule has 1 aliphatic heterocycles. The lowest BCUT2D eigenvalue weighted by Crippen LogP contribution is -2.52. The fraction of sp³-hybridized carbons (Fsp3) is 1.00. The molecule has 2 rings (SSSR count). The van der Waals surface area contributed by atoms with Crippen molar-refractivity contribution in [1.29, 1.82) is 0 Å². The maximum atomic E-state index is 3.86. The summed E-state index contributed by atoms with van der Waals surface area (Å²) in [4.78, 5) is 2.49. The van der Waals surface area contributed by atoms with E-state index in [1.54, 1.807) is 0 Å². The first-order chi connectivity index (χ1) is 7.56. The summed E-state index contributed by atoms with van der Waals surface area (Å²) >= 11 is 0. The third-order valence-electron chi connectivity index (χ3n) is 4.49. The minimum atomic E-state index is 0.718. The largest absolute Gasteiger partial charge is 0.311 e. The summed E-state index contributed by atoms with van der Waals surface area (Å²) in [5.41, 5.74) is 0. The van der Waals surface area contributed by atoms with E-state index in [9.17, 15) is 0 Å². The second-order valence-corrected chi connectivity index (χ2v) is 6.35. The molecule has 0 radical (unpaired) electrons. The van der Waals surface area contributed by atoms with Gasteiger partial charge in [-0.05, 0) is 45.6 Å². The Morgan fingerprint density at radius 2 is 2.00 bits per heavy atom. The fourth-order valence-corrected chi connectivity index (χ4v) is 3.06. The smallest absolute Gasteiger partial charge is 0.0122 e. The normalized spacial score (nSPS) is 38.6. The predicted molar refractivity (Wildman–Crippen MR) is 69.6 cm³/mol. The molecule has 0 spiro atoms. The molecule has 4 unspecified atom stereocenters. The molecule has 1 saturated heterocycles. The van der Waals surface area contributed by atoms with Crippen LogP contribution in [0.5, 0.6) is 0 Å². The van der Waals surface area contributed by atoms with Crippen molar-refractivity contribution in [2.45, 2.75) is 64.6 Å². The monoisotopic (exact) mass is 224 g/mol. The molecule has 16 heavy (non-hydrogen) atoms. The minimum absolute atomic E-state index is 0.718. The van der Waals surface area contributed by atoms with Gasteiger partial charge < -0.3 is 10.2 Å². The van der Waals surface area contributed by atoms with E-state index in [1.165, 1.54) is 32.2 Å². The Balaban J connectivity index is 1.78. The van der Waals surface area contributed by atoms with Crippen LogP contribution >= 0.6 is 0 Å². The van der Waals surface area contributed by atoms with Crippen molar-refractivity contribution >= 4 is 0 Å². The number of nitrogens with one attached hydrogen (secondary N) is 1. The average molecular weight is 224 g/mol. The lowest BCUT2D eigenvalue weighted by atomic mass is 9.89. The number of hydrogen-bond acceptors (Lipinski definition) is 2. The van der Waals surface area contributed by atoms with Crippen LogP contribution in [0.15, 0.2) is 0 Å². The Morgan fingerprint density at radius 1 is 1.31 bits per heavy atom. The Bertz CT molecular complexity index is 225. The van der Waals surface area contributed by atoms with Crippen LogP contribution in [0, 0.1) is 11.8 Å². The van der Waals surface area contributed by atoms with E-state index in [0.717, 1.165) is 30.0 Å². The van der Waals surface area contributed by atoms with Crippen molar-refractivity contribution in [3.63, 3.8) is 0 Å². The van der Waals surface area contributed by atoms with Gasteiger partial charge in [0.05, 0.1) is 0 Å². The lowest BCUT2D eigenvalue weighted by Gasteiger charge is -2.41. The highest BCUT2D eigenvalue weighted by Gasteiger charge is 2.31. The molecule has 2 fully saturated rings. The second-order valence-electron chi connectivity index (χ2n) is 6.35. The van der Waals surface area contributed by atoms with Crippen LogP contribution in [0.3, 0.4) is 0 Å². The van der Waals surface area contributed by atoms with Crippen LogP contribution in [0.1, 0.15) is 46.5 Å². The van der Waals surface area contributed by atoms with E-state index in [0.29, 0.717) is 0 Å². The zero-order valence-electron chi connectivity index (χ0n) is 11.4. The quantitative estimate of drug-likeness (QED) is 0.789. The van der Waals surface area contributed by atoms with Crippen molar-refractivity contribution in [3.8, 4) is 0 Å². The Hall–Kier alpha value is -0.0800. The van der Waals surface area contributed by atoms with Gasteiger partial charge in [0.1, 0.15) is 0 Å². The molecule has 0 aromatic rings. The maximum absolute atomic E-state index is 3.86. The van der Waals surface area contributed by atoms with Crippen LogP contribution in [0.4, 0.5) is 0 Å². The van der Waals surface area contributed by atoms with Gasteiger partial charge in [0.25, 0.3) is 0 Å². The molecule has 0 aromatic heterocycles. The van der Waals surface area contributed by atoms with Crippen LogP contribution < -0.4 is 5.32 Å². The first kappa shape index (κ1) is 12.4. The van der Waals surface area contributed by atoms with Crippen LogP contribution in [0.25, 0.3) is 0 Å².